The normalized spacial score (nSPS) is 23.5. The van der Waals surface area contributed by atoms with Crippen molar-refractivity contribution in [1.82, 2.24) is 14.7 Å². The zero-order valence-electron chi connectivity index (χ0n) is 52.4. The highest BCUT2D eigenvalue weighted by Gasteiger charge is 2.51. The zero-order valence-corrected chi connectivity index (χ0v) is 52.4. The van der Waals surface area contributed by atoms with Crippen LogP contribution in [0.5, 0.6) is 23.0 Å². The van der Waals surface area contributed by atoms with Crippen LogP contribution >= 0.6 is 0 Å². The van der Waals surface area contributed by atoms with E-state index in [1.807, 2.05) is 39.0 Å². The Morgan fingerprint density at radius 1 is 0.540 bits per heavy atom. The van der Waals surface area contributed by atoms with Gasteiger partial charge in [0.15, 0.2) is 48.0 Å². The average Bonchev–Trinajstić information content (AvgIpc) is 1.66. The Balaban J connectivity index is 1.01. The highest BCUT2D eigenvalue weighted by Crippen LogP contribution is 2.46. The van der Waals surface area contributed by atoms with Gasteiger partial charge in [0.1, 0.15) is 30.0 Å². The molecular weight excluding hydrogens is 1120 g/mol. The second-order valence-corrected chi connectivity index (χ2v) is 26.3. The van der Waals surface area contributed by atoms with Crippen molar-refractivity contribution in [3.05, 3.63) is 89.0 Å². The van der Waals surface area contributed by atoms with Crippen molar-refractivity contribution < 1.29 is 76.1 Å². The highest BCUT2D eigenvalue weighted by atomic mass is 16.7. The van der Waals surface area contributed by atoms with Crippen LogP contribution in [0.1, 0.15) is 146 Å². The molecule has 0 radical (unpaired) electrons. The number of carbonyl (C=O) groups excluding carboxylic acids is 5. The molecule has 0 N–H and O–H groups in total. The van der Waals surface area contributed by atoms with Crippen LogP contribution < -0.4 is 33.6 Å². The topological polar surface area (TPSA) is 206 Å². The van der Waals surface area contributed by atoms with Gasteiger partial charge in [0.05, 0.1) is 48.8 Å². The number of ether oxygens (including phenoxy) is 11. The first-order valence-corrected chi connectivity index (χ1v) is 30.3. The van der Waals surface area contributed by atoms with E-state index >= 15 is 0 Å². The molecular formula is C65H86N6O16. The number of hydrogen-bond acceptors (Lipinski definition) is 17. The molecule has 3 aromatic rings. The maximum Gasteiger partial charge on any atom is 0.417 e. The summed E-state index contributed by atoms with van der Waals surface area (Å²) in [6.07, 6.45) is 0.336. The fourth-order valence-electron chi connectivity index (χ4n) is 12.1. The molecule has 0 aromatic heterocycles. The number of anilines is 3. The fraction of sp³-hybridized carbons (Fsp3) is 0.585. The fourth-order valence-corrected chi connectivity index (χ4v) is 12.1. The lowest BCUT2D eigenvalue weighted by molar-refractivity contribution is -0.196. The Bertz CT molecular complexity index is 2930. The first kappa shape index (κ1) is 62.8. The van der Waals surface area contributed by atoms with Crippen LogP contribution in [0.3, 0.4) is 0 Å². The summed E-state index contributed by atoms with van der Waals surface area (Å²) in [7, 11) is 2.97. The van der Waals surface area contributed by atoms with E-state index in [9.17, 15) is 24.0 Å². The second kappa shape index (κ2) is 25.4. The van der Waals surface area contributed by atoms with Crippen molar-refractivity contribution in [3.63, 3.8) is 0 Å². The first-order chi connectivity index (χ1) is 41.2. The van der Waals surface area contributed by atoms with Gasteiger partial charge in [-0.15, -0.1) is 0 Å². The van der Waals surface area contributed by atoms with Crippen LogP contribution in [0.25, 0.3) is 0 Å². The van der Waals surface area contributed by atoms with Crippen molar-refractivity contribution in [3.8, 4) is 23.0 Å². The van der Waals surface area contributed by atoms with E-state index < -0.39 is 72.2 Å². The molecule has 0 saturated carbocycles. The Morgan fingerprint density at radius 3 is 1.33 bits per heavy atom. The SMILES string of the molecule is C=C1C[C@H]2C(OC3CCCCO3)N(C(=O)OC(C)(C)C)c3cc(OCc4cc(COc5cc6c(cc5OC)C(=O)N5CC(=C)C[C@H]5[C@H](OC5CCCCO5)N6C(=O)OC(C)(C)C)cc(N5CCN(C(=O)OC(C)(C)C)CC5)c4)c(OC)cc3C(=O)N2C1. The molecule has 7 aliphatic rings. The number of hydrogen-bond donors (Lipinski definition) is 0. The van der Waals surface area contributed by atoms with Crippen LogP contribution in [0.15, 0.2) is 66.8 Å². The van der Waals surface area contributed by atoms with Gasteiger partial charge in [-0.25, -0.2) is 24.2 Å². The smallest absolute Gasteiger partial charge is 0.417 e. The van der Waals surface area contributed by atoms with E-state index in [0.29, 0.717) is 76.2 Å². The Labute approximate surface area is 510 Å². The molecule has 22 nitrogen and oxygen atoms in total. The summed E-state index contributed by atoms with van der Waals surface area (Å²) >= 11 is 0. The van der Waals surface area contributed by atoms with Gasteiger partial charge in [-0.1, -0.05) is 24.3 Å². The monoisotopic (exact) mass is 1210 g/mol. The molecule has 0 bridgehead atoms. The van der Waals surface area contributed by atoms with Gasteiger partial charge in [0, 0.05) is 70.3 Å². The van der Waals surface area contributed by atoms with Gasteiger partial charge in [-0.3, -0.25) is 9.59 Å². The zero-order chi connectivity index (χ0) is 62.3. The summed E-state index contributed by atoms with van der Waals surface area (Å²) in [6.45, 7) is 27.9. The highest BCUT2D eigenvalue weighted by molar-refractivity contribution is 6.07. The van der Waals surface area contributed by atoms with Crippen molar-refractivity contribution in [2.24, 2.45) is 0 Å². The quantitative estimate of drug-likeness (QED) is 0.115. The van der Waals surface area contributed by atoms with Gasteiger partial charge in [-0.05, 0) is 155 Å². The largest absolute Gasteiger partial charge is 0.493 e. The van der Waals surface area contributed by atoms with Crippen LogP contribution in [0.4, 0.5) is 31.4 Å². The van der Waals surface area contributed by atoms with Crippen molar-refractivity contribution in [2.75, 3.05) is 81.4 Å². The Morgan fingerprint density at radius 2 is 0.954 bits per heavy atom. The predicted molar refractivity (Wildman–Crippen MR) is 323 cm³/mol. The molecule has 5 amide bonds. The number of carbonyl (C=O) groups is 5. The van der Waals surface area contributed by atoms with E-state index in [-0.39, 0.29) is 83.6 Å². The molecule has 7 aliphatic heterocycles. The molecule has 7 heterocycles. The van der Waals surface area contributed by atoms with E-state index in [0.717, 1.165) is 42.5 Å². The van der Waals surface area contributed by atoms with Gasteiger partial charge in [-0.2, -0.15) is 0 Å². The van der Waals surface area contributed by atoms with E-state index in [1.54, 1.807) is 80.5 Å². The lowest BCUT2D eigenvalue weighted by atomic mass is 10.1. The Hall–Kier alpha value is -7.27. The van der Waals surface area contributed by atoms with Crippen LogP contribution in [-0.2, 0) is 46.4 Å². The van der Waals surface area contributed by atoms with Crippen molar-refractivity contribution in [1.29, 1.82) is 0 Å². The van der Waals surface area contributed by atoms with E-state index in [2.05, 4.69) is 18.1 Å². The Kier molecular flexibility index (Phi) is 18.4. The van der Waals surface area contributed by atoms with Crippen molar-refractivity contribution in [2.45, 2.75) is 181 Å². The number of nitrogens with zero attached hydrogens (tertiary/aromatic N) is 6. The molecule has 5 fully saturated rings. The minimum Gasteiger partial charge on any atom is -0.493 e. The second-order valence-electron chi connectivity index (χ2n) is 26.3. The lowest BCUT2D eigenvalue weighted by Crippen LogP contribution is -2.54. The maximum atomic E-state index is 14.8. The summed E-state index contributed by atoms with van der Waals surface area (Å²) < 4.78 is 69.1. The molecule has 5 saturated heterocycles. The van der Waals surface area contributed by atoms with Crippen LogP contribution in [0.2, 0.25) is 0 Å². The maximum absolute atomic E-state index is 14.8. The third-order valence-corrected chi connectivity index (χ3v) is 16.0. The molecule has 0 aliphatic carbocycles. The molecule has 0 spiro atoms. The number of methoxy groups -OCH3 is 2. The third-order valence-electron chi connectivity index (χ3n) is 16.0. The van der Waals surface area contributed by atoms with Gasteiger partial charge >= 0.3 is 18.3 Å². The molecule has 87 heavy (non-hydrogen) atoms. The van der Waals surface area contributed by atoms with Gasteiger partial charge in [0.25, 0.3) is 11.8 Å². The molecule has 10 rings (SSSR count). The summed E-state index contributed by atoms with van der Waals surface area (Å²) in [6, 6.07) is 11.2. The van der Waals surface area contributed by atoms with Gasteiger partial charge in [0.2, 0.25) is 0 Å². The number of amides is 5. The number of fused-ring (bicyclic) bond motifs is 4. The predicted octanol–water partition coefficient (Wildman–Crippen LogP) is 10.7. The van der Waals surface area contributed by atoms with E-state index in [4.69, 9.17) is 52.1 Å². The molecule has 3 aromatic carbocycles. The molecule has 22 heteroatoms. The standard InChI is InChI=1S/C65H86N6O16/c1-39-26-48-58(83-54-18-14-16-24-79-54)70(61(75)86-64(6,7)8)46-33-52(50(77-12)31-44(46)56(72)68(48)35-39)81-37-41-28-42(30-43(29-41)66-20-22-67(23-21-66)60(74)85-63(3,4)5)38-82-53-34-47-45(32-51(53)78-13)57(73)69-36-40(2)27-49(69)59(84-55-19-15-17-25-80-55)71(47)62(76)87-65(9,10)11/h28-34,48-49,54-55,58-59H,1-2,14-27,35-38H2,3-13H3/t48-,49-,54?,55?,58-,59?/m0/s1. The average molecular weight is 1210 g/mol. The minimum atomic E-state index is -1.02. The number of benzene rings is 3. The summed E-state index contributed by atoms with van der Waals surface area (Å²) in [4.78, 5) is 82.4. The summed E-state index contributed by atoms with van der Waals surface area (Å²) in [5.41, 5.74) is 2.15. The number of piperazine rings is 1. The first-order valence-electron chi connectivity index (χ1n) is 30.3. The molecule has 6 atom stereocenters. The van der Waals surface area contributed by atoms with Gasteiger partial charge < -0.3 is 71.7 Å². The van der Waals surface area contributed by atoms with Crippen LogP contribution in [0, 0.1) is 0 Å². The summed E-state index contributed by atoms with van der Waals surface area (Å²) in [5, 5.41) is 0. The molecule has 3 unspecified atom stereocenters. The third kappa shape index (κ3) is 14.3. The lowest BCUT2D eigenvalue weighted by Gasteiger charge is -2.39. The van der Waals surface area contributed by atoms with Crippen molar-refractivity contribution >= 4 is 47.2 Å². The van der Waals surface area contributed by atoms with E-state index in [1.165, 1.54) is 24.0 Å². The minimum absolute atomic E-state index is 0.0377. The number of rotatable bonds is 13. The van der Waals surface area contributed by atoms with Crippen LogP contribution in [-0.4, -0.2) is 165 Å². The summed E-state index contributed by atoms with van der Waals surface area (Å²) in [5.74, 6) is 0.269. The molecule has 472 valence electrons.